The Bertz CT molecular complexity index is 1200. The molecule has 19 heteroatoms. The average molecular weight is 791 g/mol. The number of esters is 1. The van der Waals surface area contributed by atoms with Crippen molar-refractivity contribution in [1.29, 1.82) is 5.41 Å². The molecule has 1 saturated heterocycles. The van der Waals surface area contributed by atoms with Crippen LogP contribution in [-0.2, 0) is 38.0 Å². The first-order chi connectivity index (χ1) is 25.8. The van der Waals surface area contributed by atoms with Gasteiger partial charge < -0.3 is 59.2 Å². The largest absolute Gasteiger partial charge is 0.481 e. The summed E-state index contributed by atoms with van der Waals surface area (Å²) in [4.78, 5) is 21.8. The van der Waals surface area contributed by atoms with Gasteiger partial charge in [-0.25, -0.2) is 13.2 Å². The third-order valence-electron chi connectivity index (χ3n) is 7.60. The second-order valence-corrected chi connectivity index (χ2v) is 11.6. The van der Waals surface area contributed by atoms with Crippen LogP contribution < -0.4 is 10.1 Å². The molecule has 1 aromatic rings. The molecule has 4 atom stereocenters. The first-order valence-corrected chi connectivity index (χ1v) is 17.3. The number of hydrogen-bond acceptors (Lipinski definition) is 13. The number of carbonyl (C=O) groups is 2. The zero-order valence-corrected chi connectivity index (χ0v) is 31.0. The molecule has 0 saturated carbocycles. The van der Waals surface area contributed by atoms with Crippen molar-refractivity contribution in [2.45, 2.75) is 70.7 Å². The molecule has 54 heavy (non-hydrogen) atoms. The SMILES string of the molecule is C=N.CCC(C)/C(=C\NCCOCCOCCOCCOCCC(=O)Oc1c(F)c(F)c(F)c(F)c1F)CCOC.O=C(O)CCC1CC(O)C(O)CO1. The van der Waals surface area contributed by atoms with Crippen molar-refractivity contribution in [1.82, 2.24) is 5.32 Å². The number of nitrogens with one attached hydrogen (secondary N) is 2. The van der Waals surface area contributed by atoms with E-state index >= 15 is 0 Å². The summed E-state index contributed by atoms with van der Waals surface area (Å²) in [5.41, 5.74) is 1.32. The lowest BCUT2D eigenvalue weighted by atomic mass is 9.97. The molecule has 0 radical (unpaired) electrons. The monoisotopic (exact) mass is 790 g/mol. The molecule has 1 aliphatic rings. The third-order valence-corrected chi connectivity index (χ3v) is 7.60. The fourth-order valence-electron chi connectivity index (χ4n) is 4.36. The van der Waals surface area contributed by atoms with Crippen LogP contribution in [0.2, 0.25) is 0 Å². The predicted molar refractivity (Wildman–Crippen MR) is 185 cm³/mol. The van der Waals surface area contributed by atoms with Crippen LogP contribution in [0, 0.1) is 40.4 Å². The van der Waals surface area contributed by atoms with Crippen molar-refractivity contribution in [2.75, 3.05) is 79.7 Å². The molecule has 0 amide bonds. The number of benzene rings is 1. The number of aliphatic hydroxyl groups excluding tert-OH is 2. The minimum Gasteiger partial charge on any atom is -0.481 e. The summed E-state index contributed by atoms with van der Waals surface area (Å²) >= 11 is 0. The Balaban J connectivity index is 0.00000156. The molecule has 1 heterocycles. The summed E-state index contributed by atoms with van der Waals surface area (Å²) in [6.07, 6.45) is 2.41. The van der Waals surface area contributed by atoms with Crippen LogP contribution in [0.15, 0.2) is 11.8 Å². The summed E-state index contributed by atoms with van der Waals surface area (Å²) in [5.74, 6) is -14.4. The van der Waals surface area contributed by atoms with E-state index in [1.165, 1.54) is 5.57 Å². The molecule has 312 valence electrons. The standard InChI is InChI=1S/C26H38F5NO7.C8H14O5.CH3N/c1-4-18(2)19(5-8-34-3)17-32-7-10-36-12-14-38-16-15-37-13-11-35-9-6-20(33)39-26-24(30)22(28)21(27)23(29)25(26)31;9-6-3-5(1-2-8(11)12)13-4-7(6)10;1-2/h17-18,32H,4-16H2,1-3H3;5-7,9-10H,1-4H2,(H,11,12);2H,1H2/b19-17-;;. The molecular formula is C35H55F5N2O12. The van der Waals surface area contributed by atoms with Gasteiger partial charge in [-0.15, -0.1) is 0 Å². The summed E-state index contributed by atoms with van der Waals surface area (Å²) in [6, 6.07) is 0. The van der Waals surface area contributed by atoms with Gasteiger partial charge in [0, 0.05) is 33.1 Å². The number of ether oxygens (including phenoxy) is 7. The smallest absolute Gasteiger partial charge is 0.313 e. The van der Waals surface area contributed by atoms with Crippen LogP contribution in [-0.4, -0.2) is 132 Å². The fourth-order valence-corrected chi connectivity index (χ4v) is 4.36. The number of hydrogen-bond donors (Lipinski definition) is 5. The third kappa shape index (κ3) is 21.6. The topological polar surface area (TPSA) is 195 Å². The van der Waals surface area contributed by atoms with Gasteiger partial charge in [0.1, 0.15) is 6.10 Å². The van der Waals surface area contributed by atoms with Gasteiger partial charge in [-0.3, -0.25) is 9.59 Å². The average Bonchev–Trinajstić information content (AvgIpc) is 3.17. The van der Waals surface area contributed by atoms with Crippen molar-refractivity contribution in [3.63, 3.8) is 0 Å². The number of aliphatic carboxylic acids is 1. The molecule has 1 aromatic carbocycles. The fraction of sp³-hybridized carbons (Fsp3) is 0.686. The predicted octanol–water partition coefficient (Wildman–Crippen LogP) is 3.93. The summed E-state index contributed by atoms with van der Waals surface area (Å²) in [6.45, 7) is 10.4. The molecule has 14 nitrogen and oxygen atoms in total. The van der Waals surface area contributed by atoms with E-state index in [4.69, 9.17) is 44.0 Å². The maximum atomic E-state index is 13.5. The van der Waals surface area contributed by atoms with Gasteiger partial charge in [-0.1, -0.05) is 13.8 Å². The van der Waals surface area contributed by atoms with E-state index in [0.717, 1.165) is 12.8 Å². The normalized spacial score (nSPS) is 17.4. The highest BCUT2D eigenvalue weighted by Gasteiger charge is 2.29. The lowest BCUT2D eigenvalue weighted by Crippen LogP contribution is -2.41. The number of halogens is 5. The van der Waals surface area contributed by atoms with E-state index in [9.17, 15) is 36.6 Å². The van der Waals surface area contributed by atoms with Crippen LogP contribution in [0.5, 0.6) is 5.75 Å². The van der Waals surface area contributed by atoms with E-state index < -0.39 is 65.4 Å². The highest BCUT2D eigenvalue weighted by atomic mass is 19.2. The van der Waals surface area contributed by atoms with Gasteiger partial charge in [-0.05, 0) is 43.7 Å². The van der Waals surface area contributed by atoms with E-state index in [-0.39, 0.29) is 39.0 Å². The van der Waals surface area contributed by atoms with Gasteiger partial charge in [0.15, 0.2) is 0 Å². The van der Waals surface area contributed by atoms with Crippen molar-refractivity contribution in [3.8, 4) is 5.75 Å². The Morgan fingerprint density at radius 1 is 0.833 bits per heavy atom. The first-order valence-electron chi connectivity index (χ1n) is 17.3. The molecule has 1 aliphatic heterocycles. The molecular weight excluding hydrogens is 735 g/mol. The molecule has 5 N–H and O–H groups in total. The Morgan fingerprint density at radius 3 is 1.85 bits per heavy atom. The van der Waals surface area contributed by atoms with Crippen molar-refractivity contribution >= 4 is 18.7 Å². The Hall–Kier alpha value is -3.30. The van der Waals surface area contributed by atoms with E-state index in [1.807, 2.05) is 6.20 Å². The van der Waals surface area contributed by atoms with Gasteiger partial charge in [0.2, 0.25) is 34.8 Å². The highest BCUT2D eigenvalue weighted by molar-refractivity contribution is 5.72. The van der Waals surface area contributed by atoms with Crippen molar-refractivity contribution in [3.05, 3.63) is 40.9 Å². The minimum absolute atomic E-state index is 0.0352. The highest BCUT2D eigenvalue weighted by Crippen LogP contribution is 2.29. The Morgan fingerprint density at radius 2 is 1.35 bits per heavy atom. The van der Waals surface area contributed by atoms with Crippen LogP contribution in [0.1, 0.15) is 52.4 Å². The van der Waals surface area contributed by atoms with Crippen LogP contribution in [0.3, 0.4) is 0 Å². The maximum absolute atomic E-state index is 13.5. The molecule has 0 bridgehead atoms. The molecule has 0 aliphatic carbocycles. The molecule has 0 aromatic heterocycles. The van der Waals surface area contributed by atoms with Crippen LogP contribution in [0.4, 0.5) is 22.0 Å². The summed E-state index contributed by atoms with van der Waals surface area (Å²) in [5, 5.41) is 35.5. The zero-order valence-electron chi connectivity index (χ0n) is 31.0. The number of carbonyl (C=O) groups excluding carboxylic acids is 1. The lowest BCUT2D eigenvalue weighted by Gasteiger charge is -2.30. The van der Waals surface area contributed by atoms with Gasteiger partial charge in [0.05, 0.1) is 78.1 Å². The maximum Gasteiger partial charge on any atom is 0.313 e. The minimum atomic E-state index is -2.34. The first kappa shape index (κ1) is 50.7. The van der Waals surface area contributed by atoms with Crippen molar-refractivity contribution < 1.29 is 80.0 Å². The molecule has 0 spiro atoms. The second-order valence-electron chi connectivity index (χ2n) is 11.6. The molecule has 2 rings (SSSR count). The van der Waals surface area contributed by atoms with E-state index in [0.29, 0.717) is 64.9 Å². The molecule has 1 fully saturated rings. The van der Waals surface area contributed by atoms with Gasteiger partial charge in [-0.2, -0.15) is 8.78 Å². The number of carboxylic acids is 1. The van der Waals surface area contributed by atoms with E-state index in [1.54, 1.807) is 7.11 Å². The van der Waals surface area contributed by atoms with E-state index in [2.05, 4.69) is 30.6 Å². The Labute approximate surface area is 312 Å². The van der Waals surface area contributed by atoms with Crippen LogP contribution in [0.25, 0.3) is 0 Å². The summed E-state index contributed by atoms with van der Waals surface area (Å²) < 4.78 is 102. The summed E-state index contributed by atoms with van der Waals surface area (Å²) in [7, 11) is 1.69. The second kappa shape index (κ2) is 31.0. The Kier molecular flexibility index (Phi) is 29.1. The lowest BCUT2D eigenvalue weighted by molar-refractivity contribution is -0.142. The van der Waals surface area contributed by atoms with Crippen molar-refractivity contribution in [2.24, 2.45) is 5.92 Å². The number of methoxy groups -OCH3 is 1. The van der Waals surface area contributed by atoms with Gasteiger partial charge >= 0.3 is 11.9 Å². The number of aliphatic hydroxyl groups is 2. The quantitative estimate of drug-likeness (QED) is 0.0182. The van der Waals surface area contributed by atoms with Crippen LogP contribution >= 0.6 is 0 Å². The van der Waals surface area contributed by atoms with Gasteiger partial charge in [0.25, 0.3) is 0 Å². The number of rotatable bonds is 25. The molecule has 4 unspecified atom stereocenters. The number of carboxylic acid groups (broad SMARTS) is 1. The zero-order chi connectivity index (χ0) is 40.9.